The Morgan fingerprint density at radius 2 is 1.70 bits per heavy atom. The summed E-state index contributed by atoms with van der Waals surface area (Å²) in [6.45, 7) is 3.68. The summed E-state index contributed by atoms with van der Waals surface area (Å²) in [5.41, 5.74) is 2.53. The normalized spacial score (nSPS) is 11.9. The van der Waals surface area contributed by atoms with E-state index in [9.17, 15) is 18.0 Å². The van der Waals surface area contributed by atoms with E-state index in [0.717, 1.165) is 28.1 Å². The number of carbonyl (C=O) groups excluding carboxylic acids is 2. The van der Waals surface area contributed by atoms with Crippen molar-refractivity contribution in [2.45, 2.75) is 39.3 Å². The molecule has 0 saturated heterocycles. The van der Waals surface area contributed by atoms with Crippen LogP contribution in [0.3, 0.4) is 0 Å². The van der Waals surface area contributed by atoms with Crippen molar-refractivity contribution in [1.82, 2.24) is 10.2 Å². The minimum atomic E-state index is -3.92. The lowest BCUT2D eigenvalue weighted by molar-refractivity contribution is -0.140. The molecule has 40 heavy (non-hydrogen) atoms. The number of halogens is 1. The number of sulfonamides is 1. The van der Waals surface area contributed by atoms with E-state index in [1.807, 2.05) is 44.2 Å². The molecule has 2 amide bonds. The predicted octanol–water partition coefficient (Wildman–Crippen LogP) is 4.59. The molecule has 0 aliphatic carbocycles. The topological polar surface area (TPSA) is 96.0 Å². The third-order valence-electron chi connectivity index (χ3n) is 6.40. The Bertz CT molecular complexity index is 1420. The molecule has 0 heterocycles. The van der Waals surface area contributed by atoms with Crippen LogP contribution in [0, 0.1) is 6.92 Å². The lowest BCUT2D eigenvalue weighted by Crippen LogP contribution is -2.53. The van der Waals surface area contributed by atoms with E-state index in [1.165, 1.54) is 12.0 Å². The van der Waals surface area contributed by atoms with Crippen molar-refractivity contribution in [3.8, 4) is 5.75 Å². The number of amides is 2. The van der Waals surface area contributed by atoms with Gasteiger partial charge in [0.1, 0.15) is 18.3 Å². The van der Waals surface area contributed by atoms with E-state index >= 15 is 0 Å². The van der Waals surface area contributed by atoms with Gasteiger partial charge >= 0.3 is 0 Å². The van der Waals surface area contributed by atoms with Crippen LogP contribution in [-0.4, -0.2) is 57.6 Å². The second-order valence-electron chi connectivity index (χ2n) is 9.55. The molecule has 3 rings (SSSR count). The molecule has 1 N–H and O–H groups in total. The fourth-order valence-corrected chi connectivity index (χ4v) is 5.36. The molecular weight excluding hydrogens is 550 g/mol. The molecular formula is C30H36ClN3O5S. The molecule has 3 aromatic carbocycles. The van der Waals surface area contributed by atoms with Crippen LogP contribution >= 0.6 is 11.6 Å². The van der Waals surface area contributed by atoms with Crippen LogP contribution in [0.4, 0.5) is 5.69 Å². The summed E-state index contributed by atoms with van der Waals surface area (Å²) < 4.78 is 32.5. The number of rotatable bonds is 13. The number of hydrogen-bond acceptors (Lipinski definition) is 5. The van der Waals surface area contributed by atoms with E-state index in [2.05, 4.69) is 5.32 Å². The van der Waals surface area contributed by atoms with Crippen molar-refractivity contribution in [3.05, 3.63) is 94.5 Å². The molecule has 10 heteroatoms. The SMILES string of the molecule is CCCNC(=O)[C@@H](Cc1ccccc1)N(Cc1ccccc1Cl)C(=O)CN(c1cc(C)ccc1OC)S(C)(=O)=O. The molecule has 214 valence electrons. The van der Waals surface area contributed by atoms with Crippen LogP contribution in [0.5, 0.6) is 5.75 Å². The first kappa shape index (κ1) is 31.0. The van der Waals surface area contributed by atoms with E-state index in [0.29, 0.717) is 22.9 Å². The molecule has 0 radical (unpaired) electrons. The number of nitrogens with one attached hydrogen (secondary N) is 1. The van der Waals surface area contributed by atoms with Gasteiger partial charge in [-0.1, -0.05) is 73.1 Å². The van der Waals surface area contributed by atoms with Crippen LogP contribution in [-0.2, 0) is 32.6 Å². The van der Waals surface area contributed by atoms with Gasteiger partial charge in [-0.05, 0) is 48.2 Å². The van der Waals surface area contributed by atoms with E-state index in [1.54, 1.807) is 42.5 Å². The van der Waals surface area contributed by atoms with Crippen molar-refractivity contribution in [2.75, 3.05) is 30.8 Å². The van der Waals surface area contributed by atoms with Crippen molar-refractivity contribution in [2.24, 2.45) is 0 Å². The van der Waals surface area contributed by atoms with E-state index < -0.39 is 28.5 Å². The number of carbonyl (C=O) groups is 2. The van der Waals surface area contributed by atoms with Crippen molar-refractivity contribution >= 4 is 39.1 Å². The standard InChI is InChI=1S/C30H36ClN3O5S/c1-5-17-32-30(36)27(19-23-11-7-6-8-12-23)33(20-24-13-9-10-14-25(24)31)29(35)21-34(40(4,37)38)26-18-22(2)15-16-28(26)39-3/h6-16,18,27H,5,17,19-21H2,1-4H3,(H,32,36)/t27-/m1/s1. The monoisotopic (exact) mass is 585 g/mol. The summed E-state index contributed by atoms with van der Waals surface area (Å²) in [5.74, 6) is -0.574. The zero-order valence-electron chi connectivity index (χ0n) is 23.3. The highest BCUT2D eigenvalue weighted by atomic mass is 35.5. The fraction of sp³-hybridized carbons (Fsp3) is 0.333. The second-order valence-corrected chi connectivity index (χ2v) is 11.9. The van der Waals surface area contributed by atoms with Crippen molar-refractivity contribution in [1.29, 1.82) is 0 Å². The molecule has 0 unspecified atom stereocenters. The Morgan fingerprint density at radius 3 is 2.33 bits per heavy atom. The molecule has 0 aromatic heterocycles. The fourth-order valence-electron chi connectivity index (χ4n) is 4.32. The summed E-state index contributed by atoms with van der Waals surface area (Å²) in [6, 6.07) is 20.6. The van der Waals surface area contributed by atoms with Gasteiger partial charge in [-0.3, -0.25) is 13.9 Å². The average molecular weight is 586 g/mol. The van der Waals surface area contributed by atoms with Gasteiger partial charge in [0.25, 0.3) is 0 Å². The summed E-state index contributed by atoms with van der Waals surface area (Å²) in [4.78, 5) is 29.1. The highest BCUT2D eigenvalue weighted by Gasteiger charge is 2.34. The largest absolute Gasteiger partial charge is 0.495 e. The second kappa shape index (κ2) is 14.2. The summed E-state index contributed by atoms with van der Waals surface area (Å²) in [5, 5.41) is 3.35. The van der Waals surface area contributed by atoms with Crippen LogP contribution in [0.2, 0.25) is 5.02 Å². The maximum atomic E-state index is 14.1. The van der Waals surface area contributed by atoms with Crippen molar-refractivity contribution < 1.29 is 22.7 Å². The number of nitrogens with zero attached hydrogens (tertiary/aromatic N) is 2. The van der Waals surface area contributed by atoms with E-state index in [4.69, 9.17) is 16.3 Å². The van der Waals surface area contributed by atoms with Crippen LogP contribution in [0.25, 0.3) is 0 Å². The minimum absolute atomic E-state index is 0.0120. The highest BCUT2D eigenvalue weighted by molar-refractivity contribution is 7.92. The van der Waals surface area contributed by atoms with E-state index in [-0.39, 0.29) is 24.6 Å². The predicted molar refractivity (Wildman–Crippen MR) is 159 cm³/mol. The van der Waals surface area contributed by atoms with Crippen LogP contribution in [0.15, 0.2) is 72.8 Å². The van der Waals surface area contributed by atoms with Gasteiger partial charge < -0.3 is 15.0 Å². The summed E-state index contributed by atoms with van der Waals surface area (Å²) >= 11 is 6.47. The van der Waals surface area contributed by atoms with Gasteiger partial charge in [-0.2, -0.15) is 0 Å². The Morgan fingerprint density at radius 1 is 1.02 bits per heavy atom. The zero-order valence-corrected chi connectivity index (χ0v) is 24.8. The smallest absolute Gasteiger partial charge is 0.244 e. The third kappa shape index (κ3) is 8.22. The van der Waals surface area contributed by atoms with Gasteiger partial charge in [0, 0.05) is 24.5 Å². The summed E-state index contributed by atoms with van der Waals surface area (Å²) in [6.07, 6.45) is 1.99. The van der Waals surface area contributed by atoms with Crippen molar-refractivity contribution in [3.63, 3.8) is 0 Å². The maximum Gasteiger partial charge on any atom is 0.244 e. The number of aryl methyl sites for hydroxylation is 1. The number of methoxy groups -OCH3 is 1. The Labute approximate surface area is 241 Å². The van der Waals surface area contributed by atoms with Gasteiger partial charge in [0.2, 0.25) is 21.8 Å². The number of ether oxygens (including phenoxy) is 1. The molecule has 1 atom stereocenters. The van der Waals surface area contributed by atoms with Crippen LogP contribution < -0.4 is 14.4 Å². The Hall–Kier alpha value is -3.56. The quantitative estimate of drug-likeness (QED) is 0.317. The van der Waals surface area contributed by atoms with Gasteiger partial charge in [0.15, 0.2) is 0 Å². The lowest BCUT2D eigenvalue weighted by atomic mass is 10.0. The molecule has 0 saturated carbocycles. The Balaban J connectivity index is 2.09. The van der Waals surface area contributed by atoms with Gasteiger partial charge in [0.05, 0.1) is 19.1 Å². The molecule has 0 fully saturated rings. The minimum Gasteiger partial charge on any atom is -0.495 e. The van der Waals surface area contributed by atoms with Gasteiger partial charge in [-0.15, -0.1) is 0 Å². The first-order valence-corrected chi connectivity index (χ1v) is 15.2. The average Bonchev–Trinajstić information content (AvgIpc) is 2.93. The van der Waals surface area contributed by atoms with Crippen LogP contribution in [0.1, 0.15) is 30.0 Å². The maximum absolute atomic E-state index is 14.1. The Kier molecular flexibility index (Phi) is 11.0. The molecule has 3 aromatic rings. The number of anilines is 1. The molecule has 0 bridgehead atoms. The molecule has 0 aliphatic heterocycles. The third-order valence-corrected chi connectivity index (χ3v) is 7.90. The highest BCUT2D eigenvalue weighted by Crippen LogP contribution is 2.31. The first-order valence-electron chi connectivity index (χ1n) is 13.0. The molecule has 8 nitrogen and oxygen atoms in total. The summed E-state index contributed by atoms with van der Waals surface area (Å²) in [7, 11) is -2.48. The molecule has 0 aliphatic rings. The number of hydrogen-bond donors (Lipinski definition) is 1. The lowest BCUT2D eigenvalue weighted by Gasteiger charge is -2.34. The zero-order chi connectivity index (χ0) is 29.3. The molecule has 0 spiro atoms. The van der Waals surface area contributed by atoms with Gasteiger partial charge in [-0.25, -0.2) is 8.42 Å². The number of benzene rings is 3. The first-order chi connectivity index (χ1) is 19.0.